The Morgan fingerprint density at radius 1 is 1.33 bits per heavy atom. The summed E-state index contributed by atoms with van der Waals surface area (Å²) >= 11 is 0. The zero-order valence-corrected chi connectivity index (χ0v) is 11.4. The first kappa shape index (κ1) is 13.9. The first-order chi connectivity index (χ1) is 8.63. The molecule has 0 spiro atoms. The summed E-state index contributed by atoms with van der Waals surface area (Å²) in [5.41, 5.74) is 2.70. The molecule has 0 aliphatic heterocycles. The highest BCUT2D eigenvalue weighted by atomic mass is 15.0. The van der Waals surface area contributed by atoms with Crippen LogP contribution in [0.1, 0.15) is 11.3 Å². The molecule has 5 heteroatoms. The average molecular weight is 246 g/mol. The molecule has 18 heavy (non-hydrogen) atoms. The van der Waals surface area contributed by atoms with Crippen LogP contribution in [0.15, 0.2) is 19.1 Å². The Kier molecular flexibility index (Phi) is 5.05. The molecule has 5 nitrogen and oxygen atoms in total. The first-order valence-electron chi connectivity index (χ1n) is 5.68. The molecule has 0 aromatic carbocycles. The summed E-state index contributed by atoms with van der Waals surface area (Å²) in [6.45, 7) is 3.83. The molecule has 0 atom stereocenters. The van der Waals surface area contributed by atoms with Crippen LogP contribution in [0.25, 0.3) is 11.6 Å². The SMILES string of the molecule is C=Cc1c(NC)ncnc1/C(C=[N+](C)C)=C\NC. The summed E-state index contributed by atoms with van der Waals surface area (Å²) in [5, 5.41) is 6.07. The van der Waals surface area contributed by atoms with Crippen molar-refractivity contribution in [3.05, 3.63) is 30.4 Å². The van der Waals surface area contributed by atoms with Crippen molar-refractivity contribution in [2.45, 2.75) is 0 Å². The van der Waals surface area contributed by atoms with Gasteiger partial charge in [-0.1, -0.05) is 12.7 Å². The molecule has 96 valence electrons. The van der Waals surface area contributed by atoms with E-state index in [4.69, 9.17) is 0 Å². The number of aromatic nitrogens is 2. The van der Waals surface area contributed by atoms with Gasteiger partial charge in [0.2, 0.25) is 0 Å². The van der Waals surface area contributed by atoms with E-state index in [2.05, 4.69) is 27.2 Å². The van der Waals surface area contributed by atoms with E-state index in [-0.39, 0.29) is 0 Å². The summed E-state index contributed by atoms with van der Waals surface area (Å²) < 4.78 is 1.97. The second-order valence-electron chi connectivity index (χ2n) is 3.92. The fourth-order valence-corrected chi connectivity index (χ4v) is 1.62. The third kappa shape index (κ3) is 3.16. The van der Waals surface area contributed by atoms with Gasteiger partial charge >= 0.3 is 0 Å². The minimum atomic E-state index is 0.768. The second kappa shape index (κ2) is 6.54. The van der Waals surface area contributed by atoms with Gasteiger partial charge in [-0.25, -0.2) is 14.5 Å². The molecule has 2 N–H and O–H groups in total. The molecule has 1 aromatic rings. The highest BCUT2D eigenvalue weighted by molar-refractivity contribution is 6.08. The van der Waals surface area contributed by atoms with Crippen LogP contribution < -0.4 is 10.6 Å². The quantitative estimate of drug-likeness (QED) is 0.602. The van der Waals surface area contributed by atoms with Crippen LogP contribution in [-0.2, 0) is 0 Å². The number of hydrogen-bond acceptors (Lipinski definition) is 4. The molecule has 1 aromatic heterocycles. The van der Waals surface area contributed by atoms with Crippen molar-refractivity contribution in [1.29, 1.82) is 0 Å². The molecule has 0 aliphatic rings. The lowest BCUT2D eigenvalue weighted by Gasteiger charge is -2.09. The van der Waals surface area contributed by atoms with Crippen LogP contribution in [0, 0.1) is 0 Å². The Hall–Kier alpha value is -2.17. The molecule has 1 rings (SSSR count). The zero-order chi connectivity index (χ0) is 13.5. The minimum absolute atomic E-state index is 0.768. The lowest BCUT2D eigenvalue weighted by atomic mass is 10.1. The molecule has 0 fully saturated rings. The van der Waals surface area contributed by atoms with Crippen LogP contribution in [0.2, 0.25) is 0 Å². The summed E-state index contributed by atoms with van der Waals surface area (Å²) in [4.78, 5) is 8.52. The largest absolute Gasteiger partial charge is 0.393 e. The maximum absolute atomic E-state index is 4.34. The topological polar surface area (TPSA) is 52.9 Å². The molecule has 0 radical (unpaired) electrons. The van der Waals surface area contributed by atoms with Gasteiger partial charge in [0.25, 0.3) is 0 Å². The maximum atomic E-state index is 4.34. The van der Waals surface area contributed by atoms with Crippen molar-refractivity contribution < 1.29 is 4.58 Å². The monoisotopic (exact) mass is 246 g/mol. The Morgan fingerprint density at radius 3 is 2.56 bits per heavy atom. The normalized spacial score (nSPS) is 10.8. The summed E-state index contributed by atoms with van der Waals surface area (Å²) in [5.74, 6) is 0.768. The van der Waals surface area contributed by atoms with E-state index in [9.17, 15) is 0 Å². The van der Waals surface area contributed by atoms with Crippen LogP contribution in [0.3, 0.4) is 0 Å². The Bertz CT molecular complexity index is 484. The molecule has 0 amide bonds. The van der Waals surface area contributed by atoms with Crippen molar-refractivity contribution in [2.75, 3.05) is 33.5 Å². The molecule has 0 saturated carbocycles. The van der Waals surface area contributed by atoms with E-state index in [0.717, 1.165) is 22.6 Å². The first-order valence-corrected chi connectivity index (χ1v) is 5.68. The van der Waals surface area contributed by atoms with Gasteiger partial charge in [-0.15, -0.1) is 0 Å². The lowest BCUT2D eigenvalue weighted by Crippen LogP contribution is -2.08. The molecule has 0 unspecified atom stereocenters. The third-order valence-corrected chi connectivity index (χ3v) is 2.30. The number of nitrogens with one attached hydrogen (secondary N) is 2. The number of hydrogen-bond donors (Lipinski definition) is 2. The second-order valence-corrected chi connectivity index (χ2v) is 3.92. The number of rotatable bonds is 5. The van der Waals surface area contributed by atoms with Crippen molar-refractivity contribution in [1.82, 2.24) is 15.3 Å². The fraction of sp³-hybridized carbons (Fsp3) is 0.308. The average Bonchev–Trinajstić information content (AvgIpc) is 2.36. The number of anilines is 1. The van der Waals surface area contributed by atoms with Gasteiger partial charge in [-0.05, 0) is 0 Å². The predicted octanol–water partition coefficient (Wildman–Crippen LogP) is 1.06. The van der Waals surface area contributed by atoms with E-state index < -0.39 is 0 Å². The van der Waals surface area contributed by atoms with Crippen LogP contribution in [0.4, 0.5) is 5.82 Å². The summed E-state index contributed by atoms with van der Waals surface area (Å²) in [6, 6.07) is 0. The highest BCUT2D eigenvalue weighted by Crippen LogP contribution is 2.21. The van der Waals surface area contributed by atoms with Crippen molar-refractivity contribution in [3.8, 4) is 0 Å². The summed E-state index contributed by atoms with van der Waals surface area (Å²) in [7, 11) is 7.63. The van der Waals surface area contributed by atoms with Gasteiger partial charge in [0, 0.05) is 25.9 Å². The van der Waals surface area contributed by atoms with Gasteiger partial charge < -0.3 is 10.6 Å². The van der Waals surface area contributed by atoms with Gasteiger partial charge in [0.1, 0.15) is 26.2 Å². The minimum Gasteiger partial charge on any atom is -0.393 e. The number of nitrogens with zero attached hydrogens (tertiary/aromatic N) is 3. The molecule has 1 heterocycles. The Labute approximate surface area is 108 Å². The van der Waals surface area contributed by atoms with Crippen molar-refractivity contribution in [3.63, 3.8) is 0 Å². The molecule has 0 saturated heterocycles. The van der Waals surface area contributed by atoms with Crippen molar-refractivity contribution in [2.24, 2.45) is 0 Å². The van der Waals surface area contributed by atoms with E-state index in [1.165, 1.54) is 0 Å². The Balaban J connectivity index is 3.41. The van der Waals surface area contributed by atoms with Gasteiger partial charge in [0.15, 0.2) is 6.21 Å². The molecule has 0 bridgehead atoms. The third-order valence-electron chi connectivity index (χ3n) is 2.30. The smallest absolute Gasteiger partial charge is 0.173 e. The van der Waals surface area contributed by atoms with E-state index >= 15 is 0 Å². The van der Waals surface area contributed by atoms with Gasteiger partial charge in [-0.3, -0.25) is 0 Å². The summed E-state index contributed by atoms with van der Waals surface area (Å²) in [6.07, 6.45) is 7.19. The van der Waals surface area contributed by atoms with Crippen LogP contribution in [-0.4, -0.2) is 48.9 Å². The van der Waals surface area contributed by atoms with Gasteiger partial charge in [-0.2, -0.15) is 0 Å². The van der Waals surface area contributed by atoms with Crippen LogP contribution in [0.5, 0.6) is 0 Å². The molecular formula is C13H20N5+. The maximum Gasteiger partial charge on any atom is 0.173 e. The van der Waals surface area contributed by atoms with E-state index in [1.807, 2.05) is 45.2 Å². The van der Waals surface area contributed by atoms with Crippen LogP contribution >= 0.6 is 0 Å². The van der Waals surface area contributed by atoms with Crippen molar-refractivity contribution >= 4 is 23.7 Å². The van der Waals surface area contributed by atoms with Gasteiger partial charge in [0.05, 0.1) is 11.3 Å². The zero-order valence-electron chi connectivity index (χ0n) is 11.4. The Morgan fingerprint density at radius 2 is 2.06 bits per heavy atom. The standard InChI is InChI=1S/C13H19N5/c1-6-11-12(16-9-17-13(11)15-3)10(7-14-2)8-18(4)5/h6-9H,1H2,2-5H3,(H,15,16,17)/p+1. The van der Waals surface area contributed by atoms with E-state index in [1.54, 1.807) is 12.4 Å². The van der Waals surface area contributed by atoms with E-state index in [0.29, 0.717) is 0 Å². The fourth-order valence-electron chi connectivity index (χ4n) is 1.62. The highest BCUT2D eigenvalue weighted by Gasteiger charge is 2.12. The predicted molar refractivity (Wildman–Crippen MR) is 76.9 cm³/mol. The lowest BCUT2D eigenvalue weighted by molar-refractivity contribution is -0.458. The molecule has 0 aliphatic carbocycles. The number of allylic oxidation sites excluding steroid dienone is 1. The molecular weight excluding hydrogens is 226 g/mol.